The molecule has 6 heteroatoms. The Morgan fingerprint density at radius 3 is 2.50 bits per heavy atom. The molecule has 1 amide bonds. The van der Waals surface area contributed by atoms with E-state index >= 15 is 0 Å². The van der Waals surface area contributed by atoms with E-state index in [-0.39, 0.29) is 5.91 Å². The lowest BCUT2D eigenvalue weighted by Crippen LogP contribution is -2.48. The van der Waals surface area contributed by atoms with Crippen LogP contribution in [0.1, 0.15) is 10.6 Å². The van der Waals surface area contributed by atoms with E-state index in [0.717, 1.165) is 18.8 Å². The molecule has 1 aromatic carbocycles. The molecule has 3 heterocycles. The maximum Gasteiger partial charge on any atom is 0.290 e. The molecule has 0 atom stereocenters. The molecule has 0 radical (unpaired) electrons. The minimum absolute atomic E-state index is 0.112. The van der Waals surface area contributed by atoms with E-state index in [0.29, 0.717) is 30.5 Å². The van der Waals surface area contributed by atoms with Crippen molar-refractivity contribution in [3.63, 3.8) is 0 Å². The van der Waals surface area contributed by atoms with Gasteiger partial charge >= 0.3 is 0 Å². The van der Waals surface area contributed by atoms with E-state index in [9.17, 15) is 4.79 Å². The number of benzene rings is 1. The van der Waals surface area contributed by atoms with Crippen molar-refractivity contribution in [3.05, 3.63) is 72.8 Å². The van der Waals surface area contributed by atoms with E-state index < -0.39 is 0 Å². The third-order valence-corrected chi connectivity index (χ3v) is 4.33. The van der Waals surface area contributed by atoms with Gasteiger partial charge in [-0.2, -0.15) is 0 Å². The lowest BCUT2D eigenvalue weighted by molar-refractivity contribution is 0.0709. The monoisotopic (exact) mass is 349 g/mol. The average Bonchev–Trinajstić information content (AvgIpc) is 3.17. The molecule has 26 heavy (non-hydrogen) atoms. The maximum absolute atomic E-state index is 12.7. The second-order valence-electron chi connectivity index (χ2n) is 6.02. The highest BCUT2D eigenvalue weighted by Gasteiger charge is 2.24. The second-order valence-corrected chi connectivity index (χ2v) is 6.02. The Balaban J connectivity index is 1.37. The number of para-hydroxylation sites is 1. The van der Waals surface area contributed by atoms with Crippen LogP contribution >= 0.6 is 0 Å². The van der Waals surface area contributed by atoms with Crippen LogP contribution in [0.4, 0.5) is 5.69 Å². The van der Waals surface area contributed by atoms with Crippen LogP contribution in [0.2, 0.25) is 0 Å². The first kappa shape index (κ1) is 16.2. The zero-order valence-corrected chi connectivity index (χ0v) is 14.2. The van der Waals surface area contributed by atoms with Gasteiger partial charge in [0.15, 0.2) is 5.76 Å². The normalized spacial score (nSPS) is 14.3. The smallest absolute Gasteiger partial charge is 0.290 e. The largest absolute Gasteiger partial charge is 0.426 e. The highest BCUT2D eigenvalue weighted by molar-refractivity contribution is 5.91. The summed E-state index contributed by atoms with van der Waals surface area (Å²) < 4.78 is 11.2. The Hall–Kier alpha value is -3.28. The molecule has 0 spiro atoms. The van der Waals surface area contributed by atoms with Crippen molar-refractivity contribution < 1.29 is 13.9 Å². The topological polar surface area (TPSA) is 58.8 Å². The van der Waals surface area contributed by atoms with Crippen molar-refractivity contribution in [1.29, 1.82) is 0 Å². The zero-order valence-electron chi connectivity index (χ0n) is 14.2. The molecule has 1 saturated heterocycles. The van der Waals surface area contributed by atoms with Gasteiger partial charge in [0.2, 0.25) is 0 Å². The number of pyridine rings is 1. The SMILES string of the molecule is O=C(c1ccc(Oc2ccccc2)o1)N1CCN(c2cccnc2)CC1. The summed E-state index contributed by atoms with van der Waals surface area (Å²) in [4.78, 5) is 20.8. The van der Waals surface area contributed by atoms with Crippen molar-refractivity contribution in [1.82, 2.24) is 9.88 Å². The Morgan fingerprint density at radius 1 is 0.962 bits per heavy atom. The van der Waals surface area contributed by atoms with Gasteiger partial charge in [-0.05, 0) is 30.3 Å². The summed E-state index contributed by atoms with van der Waals surface area (Å²) in [6, 6.07) is 16.6. The predicted octanol–water partition coefficient (Wildman–Crippen LogP) is 3.43. The first-order valence-electron chi connectivity index (χ1n) is 8.56. The van der Waals surface area contributed by atoms with Crippen molar-refractivity contribution in [2.75, 3.05) is 31.1 Å². The molecule has 1 fully saturated rings. The Labute approximate surface area is 151 Å². The number of rotatable bonds is 4. The number of amides is 1. The van der Waals surface area contributed by atoms with Crippen molar-refractivity contribution in [3.8, 4) is 11.7 Å². The number of ether oxygens (including phenoxy) is 1. The van der Waals surface area contributed by atoms with E-state index in [1.165, 1.54) is 0 Å². The van der Waals surface area contributed by atoms with Gasteiger partial charge in [0, 0.05) is 38.4 Å². The highest BCUT2D eigenvalue weighted by Crippen LogP contribution is 2.24. The Kier molecular flexibility index (Phi) is 4.55. The van der Waals surface area contributed by atoms with Gasteiger partial charge in [0.1, 0.15) is 5.75 Å². The van der Waals surface area contributed by atoms with Crippen LogP contribution in [0.25, 0.3) is 0 Å². The van der Waals surface area contributed by atoms with E-state index in [1.807, 2.05) is 48.7 Å². The summed E-state index contributed by atoms with van der Waals surface area (Å²) >= 11 is 0. The van der Waals surface area contributed by atoms with Crippen LogP contribution in [0, 0.1) is 0 Å². The molecule has 3 aromatic rings. The minimum atomic E-state index is -0.112. The molecule has 0 unspecified atom stereocenters. The zero-order chi connectivity index (χ0) is 17.8. The molecule has 2 aromatic heterocycles. The molecule has 0 aliphatic carbocycles. The maximum atomic E-state index is 12.7. The van der Waals surface area contributed by atoms with Crippen LogP contribution in [-0.4, -0.2) is 42.0 Å². The number of piperazine rings is 1. The first-order chi connectivity index (χ1) is 12.8. The lowest BCUT2D eigenvalue weighted by atomic mass is 10.2. The Bertz CT molecular complexity index is 856. The van der Waals surface area contributed by atoms with E-state index in [2.05, 4.69) is 9.88 Å². The van der Waals surface area contributed by atoms with Gasteiger partial charge in [0.05, 0.1) is 11.9 Å². The average molecular weight is 349 g/mol. The van der Waals surface area contributed by atoms with Gasteiger partial charge < -0.3 is 19.0 Å². The number of nitrogens with zero attached hydrogens (tertiary/aromatic N) is 3. The number of anilines is 1. The van der Waals surface area contributed by atoms with Gasteiger partial charge in [0.25, 0.3) is 11.9 Å². The molecule has 0 N–H and O–H groups in total. The fourth-order valence-corrected chi connectivity index (χ4v) is 2.96. The molecule has 4 rings (SSSR count). The molecule has 1 aliphatic heterocycles. The molecule has 6 nitrogen and oxygen atoms in total. The van der Waals surface area contributed by atoms with Gasteiger partial charge in [-0.1, -0.05) is 18.2 Å². The molecule has 132 valence electrons. The van der Waals surface area contributed by atoms with Crippen molar-refractivity contribution >= 4 is 11.6 Å². The summed E-state index contributed by atoms with van der Waals surface area (Å²) in [7, 11) is 0. The van der Waals surface area contributed by atoms with Crippen molar-refractivity contribution in [2.24, 2.45) is 0 Å². The number of carbonyl (C=O) groups excluding carboxylic acids is 1. The van der Waals surface area contributed by atoms with Gasteiger partial charge in [-0.3, -0.25) is 9.78 Å². The summed E-state index contributed by atoms with van der Waals surface area (Å²) in [5.41, 5.74) is 1.08. The first-order valence-corrected chi connectivity index (χ1v) is 8.56. The third-order valence-electron chi connectivity index (χ3n) is 4.33. The van der Waals surface area contributed by atoms with Crippen LogP contribution < -0.4 is 9.64 Å². The van der Waals surface area contributed by atoms with E-state index in [1.54, 1.807) is 23.2 Å². The standard InChI is InChI=1S/C20H19N3O3/c24-20(18-8-9-19(26-18)25-17-6-2-1-3-7-17)23-13-11-22(12-14-23)16-5-4-10-21-15-16/h1-10,15H,11-14H2. The quantitative estimate of drug-likeness (QED) is 0.722. The summed E-state index contributed by atoms with van der Waals surface area (Å²) in [5, 5.41) is 0. The molecular formula is C20H19N3O3. The van der Waals surface area contributed by atoms with Gasteiger partial charge in [-0.15, -0.1) is 0 Å². The molecule has 0 saturated carbocycles. The highest BCUT2D eigenvalue weighted by atomic mass is 16.6. The number of aromatic nitrogens is 1. The van der Waals surface area contributed by atoms with Crippen LogP contribution in [0.3, 0.4) is 0 Å². The Morgan fingerprint density at radius 2 is 1.77 bits per heavy atom. The van der Waals surface area contributed by atoms with E-state index in [4.69, 9.17) is 9.15 Å². The van der Waals surface area contributed by atoms with Crippen LogP contribution in [-0.2, 0) is 0 Å². The second kappa shape index (κ2) is 7.31. The number of furan rings is 1. The minimum Gasteiger partial charge on any atom is -0.426 e. The summed E-state index contributed by atoms with van der Waals surface area (Å²) in [6.07, 6.45) is 3.60. The van der Waals surface area contributed by atoms with Crippen LogP contribution in [0.15, 0.2) is 71.4 Å². The van der Waals surface area contributed by atoms with Crippen molar-refractivity contribution in [2.45, 2.75) is 0 Å². The summed E-state index contributed by atoms with van der Waals surface area (Å²) in [5.74, 6) is 1.17. The van der Waals surface area contributed by atoms with Crippen LogP contribution in [0.5, 0.6) is 11.7 Å². The molecule has 0 bridgehead atoms. The number of hydrogen-bond donors (Lipinski definition) is 0. The predicted molar refractivity (Wildman–Crippen MR) is 97.6 cm³/mol. The molecule has 1 aliphatic rings. The fourth-order valence-electron chi connectivity index (χ4n) is 2.96. The van der Waals surface area contributed by atoms with Gasteiger partial charge in [-0.25, -0.2) is 0 Å². The number of hydrogen-bond acceptors (Lipinski definition) is 5. The number of carbonyl (C=O) groups is 1. The third kappa shape index (κ3) is 3.54. The molecular weight excluding hydrogens is 330 g/mol. The summed E-state index contributed by atoms with van der Waals surface area (Å²) in [6.45, 7) is 2.82. The lowest BCUT2D eigenvalue weighted by Gasteiger charge is -2.35. The fraction of sp³-hybridized carbons (Fsp3) is 0.200.